The second kappa shape index (κ2) is 9.99. The van der Waals surface area contributed by atoms with Crippen LogP contribution in [0.3, 0.4) is 0 Å². The zero-order valence-corrected chi connectivity index (χ0v) is 20.5. The molecule has 1 aliphatic heterocycles. The van der Waals surface area contributed by atoms with Crippen molar-refractivity contribution in [3.63, 3.8) is 0 Å². The van der Waals surface area contributed by atoms with Gasteiger partial charge in [-0.05, 0) is 49.7 Å². The van der Waals surface area contributed by atoms with Crippen LogP contribution in [0.1, 0.15) is 23.8 Å². The maximum absolute atomic E-state index is 13.3. The summed E-state index contributed by atoms with van der Waals surface area (Å²) in [5.74, 6) is -0.868. The summed E-state index contributed by atoms with van der Waals surface area (Å²) >= 11 is 12.2. The van der Waals surface area contributed by atoms with Gasteiger partial charge in [-0.15, -0.1) is 0 Å². The summed E-state index contributed by atoms with van der Waals surface area (Å²) in [5.41, 5.74) is 0.844. The maximum atomic E-state index is 13.3. The Morgan fingerprint density at radius 2 is 1.68 bits per heavy atom. The number of hydrogen-bond donors (Lipinski definition) is 0. The van der Waals surface area contributed by atoms with E-state index in [1.807, 2.05) is 0 Å². The van der Waals surface area contributed by atoms with Crippen LogP contribution in [0.4, 0.5) is 10.2 Å². The second-order valence-electron chi connectivity index (χ2n) is 7.57. The highest BCUT2D eigenvalue weighted by Crippen LogP contribution is 2.30. The van der Waals surface area contributed by atoms with E-state index in [2.05, 4.69) is 9.97 Å². The van der Waals surface area contributed by atoms with E-state index in [1.165, 1.54) is 22.5 Å². The van der Waals surface area contributed by atoms with Crippen LogP contribution in [0.25, 0.3) is 11.0 Å². The molecule has 0 amide bonds. The van der Waals surface area contributed by atoms with E-state index in [1.54, 1.807) is 17.9 Å². The van der Waals surface area contributed by atoms with Crippen LogP contribution < -0.4 is 4.90 Å². The number of carbonyl (C=O) groups is 1. The summed E-state index contributed by atoms with van der Waals surface area (Å²) in [7, 11) is -3.81. The van der Waals surface area contributed by atoms with Crippen LogP contribution in [0.5, 0.6) is 0 Å². The quantitative estimate of drug-likeness (QED) is 0.461. The van der Waals surface area contributed by atoms with Gasteiger partial charge in [0, 0.05) is 26.2 Å². The zero-order valence-electron chi connectivity index (χ0n) is 18.2. The van der Waals surface area contributed by atoms with Gasteiger partial charge < -0.3 is 9.64 Å². The van der Waals surface area contributed by atoms with Crippen LogP contribution in [0.15, 0.2) is 41.3 Å². The van der Waals surface area contributed by atoms with Gasteiger partial charge in [0.25, 0.3) is 0 Å². The van der Waals surface area contributed by atoms with Crippen LogP contribution in [0.2, 0.25) is 10.0 Å². The number of aromatic nitrogens is 2. The highest BCUT2D eigenvalue weighted by atomic mass is 35.5. The van der Waals surface area contributed by atoms with Crippen molar-refractivity contribution in [3.8, 4) is 0 Å². The Bertz CT molecular complexity index is 1340. The number of anilines is 1. The molecule has 1 aromatic heterocycles. The van der Waals surface area contributed by atoms with E-state index in [4.69, 9.17) is 27.9 Å². The van der Waals surface area contributed by atoms with Crippen molar-refractivity contribution in [1.82, 2.24) is 14.3 Å². The Hall–Kier alpha value is -2.53. The lowest BCUT2D eigenvalue weighted by atomic mass is 10.2. The molecular formula is C22H21Cl2FN4O4S. The normalized spacial score (nSPS) is 15.4. The van der Waals surface area contributed by atoms with E-state index in [9.17, 15) is 17.6 Å². The lowest BCUT2D eigenvalue weighted by Crippen LogP contribution is -2.36. The van der Waals surface area contributed by atoms with E-state index >= 15 is 0 Å². The molecule has 12 heteroatoms. The highest BCUT2D eigenvalue weighted by Gasteiger charge is 2.30. The van der Waals surface area contributed by atoms with Crippen LogP contribution in [0, 0.1) is 5.82 Å². The van der Waals surface area contributed by atoms with Crippen molar-refractivity contribution >= 4 is 56.0 Å². The van der Waals surface area contributed by atoms with Gasteiger partial charge in [-0.1, -0.05) is 23.2 Å². The summed E-state index contributed by atoms with van der Waals surface area (Å²) in [6.45, 7) is 2.93. The summed E-state index contributed by atoms with van der Waals surface area (Å²) in [4.78, 5) is 23.6. The van der Waals surface area contributed by atoms with Crippen molar-refractivity contribution in [2.75, 3.05) is 37.7 Å². The fourth-order valence-electron chi connectivity index (χ4n) is 3.70. The Morgan fingerprint density at radius 3 is 2.32 bits per heavy atom. The zero-order chi connectivity index (χ0) is 24.5. The number of ether oxygens (including phenoxy) is 1. The molecule has 8 nitrogen and oxygen atoms in total. The maximum Gasteiger partial charge on any atom is 0.360 e. The number of carbonyl (C=O) groups excluding carboxylic acids is 1. The van der Waals surface area contributed by atoms with Gasteiger partial charge in [-0.3, -0.25) is 0 Å². The molecule has 0 bridgehead atoms. The number of nitrogens with zero attached hydrogens (tertiary/aromatic N) is 4. The van der Waals surface area contributed by atoms with Gasteiger partial charge in [0.2, 0.25) is 10.0 Å². The lowest BCUT2D eigenvalue weighted by molar-refractivity contribution is 0.0520. The minimum atomic E-state index is -3.81. The minimum absolute atomic E-state index is 0.0163. The average molecular weight is 527 g/mol. The topological polar surface area (TPSA) is 92.7 Å². The van der Waals surface area contributed by atoms with Crippen molar-refractivity contribution in [3.05, 3.63) is 58.0 Å². The molecule has 2 heterocycles. The summed E-state index contributed by atoms with van der Waals surface area (Å²) in [5, 5.41) is 0.577. The fraction of sp³-hybridized carbons (Fsp3) is 0.318. The first-order valence-corrected chi connectivity index (χ1v) is 12.7. The molecule has 1 saturated heterocycles. The summed E-state index contributed by atoms with van der Waals surface area (Å²) < 4.78 is 45.9. The third-order valence-electron chi connectivity index (χ3n) is 5.36. The second-order valence-corrected chi connectivity index (χ2v) is 10.3. The molecule has 0 unspecified atom stereocenters. The molecule has 34 heavy (non-hydrogen) atoms. The van der Waals surface area contributed by atoms with E-state index < -0.39 is 21.8 Å². The first-order chi connectivity index (χ1) is 16.2. The molecule has 0 aliphatic carbocycles. The Kier molecular flexibility index (Phi) is 7.22. The number of hydrogen-bond acceptors (Lipinski definition) is 7. The largest absolute Gasteiger partial charge is 0.461 e. The lowest BCUT2D eigenvalue weighted by Gasteiger charge is -2.24. The molecule has 4 rings (SSSR count). The van der Waals surface area contributed by atoms with Gasteiger partial charge in [0.1, 0.15) is 5.82 Å². The molecule has 0 radical (unpaired) electrons. The number of rotatable bonds is 5. The molecule has 0 atom stereocenters. The van der Waals surface area contributed by atoms with E-state index in [0.29, 0.717) is 29.0 Å². The van der Waals surface area contributed by atoms with Crippen molar-refractivity contribution in [2.24, 2.45) is 0 Å². The predicted octanol–water partition coefficient (Wildman–Crippen LogP) is 4.15. The highest BCUT2D eigenvalue weighted by molar-refractivity contribution is 7.89. The Morgan fingerprint density at radius 1 is 1.03 bits per heavy atom. The first-order valence-electron chi connectivity index (χ1n) is 10.6. The number of halogens is 3. The van der Waals surface area contributed by atoms with E-state index in [0.717, 1.165) is 12.1 Å². The smallest absolute Gasteiger partial charge is 0.360 e. The third kappa shape index (κ3) is 4.95. The van der Waals surface area contributed by atoms with E-state index in [-0.39, 0.29) is 47.7 Å². The monoisotopic (exact) mass is 526 g/mol. The van der Waals surface area contributed by atoms with Crippen molar-refractivity contribution < 1.29 is 22.3 Å². The van der Waals surface area contributed by atoms with Crippen LogP contribution in [-0.2, 0) is 14.8 Å². The molecule has 2 aromatic carbocycles. The summed E-state index contributed by atoms with van der Waals surface area (Å²) in [6, 6.07) is 7.81. The van der Waals surface area contributed by atoms with Crippen LogP contribution >= 0.6 is 23.2 Å². The summed E-state index contributed by atoms with van der Waals surface area (Å²) in [6.07, 6.45) is 0.476. The fourth-order valence-corrected chi connectivity index (χ4v) is 5.49. The molecule has 1 aliphatic rings. The minimum Gasteiger partial charge on any atom is -0.461 e. The molecule has 3 aromatic rings. The molecular weight excluding hydrogens is 506 g/mol. The van der Waals surface area contributed by atoms with Gasteiger partial charge >= 0.3 is 5.97 Å². The third-order valence-corrected chi connectivity index (χ3v) is 8.00. The molecule has 1 fully saturated rings. The number of fused-ring (bicyclic) bond motifs is 1. The number of sulfonamides is 1. The van der Waals surface area contributed by atoms with Crippen molar-refractivity contribution in [1.29, 1.82) is 0 Å². The Labute approximate surface area is 206 Å². The number of esters is 1. The van der Waals surface area contributed by atoms with Gasteiger partial charge in [0.15, 0.2) is 11.5 Å². The SMILES string of the molecule is CCOC(=O)c1nc2cc(Cl)c(Cl)cc2nc1N1CCCN(S(=O)(=O)c2ccc(F)cc2)CC1. The number of benzene rings is 2. The van der Waals surface area contributed by atoms with Gasteiger partial charge in [-0.2, -0.15) is 4.31 Å². The van der Waals surface area contributed by atoms with Gasteiger partial charge in [-0.25, -0.2) is 27.6 Å². The first kappa shape index (κ1) is 24.6. The predicted molar refractivity (Wildman–Crippen MR) is 128 cm³/mol. The standard InChI is InChI=1S/C22H21Cl2FN4O4S/c1-2-33-22(30)20-21(27-19-13-17(24)16(23)12-18(19)26-20)28-8-3-9-29(11-10-28)34(31,32)15-6-4-14(25)5-7-15/h4-7,12-13H,2-3,8-11H2,1H3. The Balaban J connectivity index is 1.67. The van der Waals surface area contributed by atoms with Crippen molar-refractivity contribution in [2.45, 2.75) is 18.2 Å². The molecule has 0 N–H and O–H groups in total. The molecule has 0 spiro atoms. The molecule has 0 saturated carbocycles. The van der Waals surface area contributed by atoms with Crippen LogP contribution in [-0.4, -0.2) is 61.4 Å². The molecule has 180 valence electrons. The van der Waals surface area contributed by atoms with Gasteiger partial charge in [0.05, 0.1) is 32.6 Å². The average Bonchev–Trinajstić information content (AvgIpc) is 3.06.